The lowest BCUT2D eigenvalue weighted by Crippen LogP contribution is -2.34. The Labute approximate surface area is 329 Å². The number of ether oxygens (including phenoxy) is 3. The fourth-order valence-electron chi connectivity index (χ4n) is 7.62. The highest BCUT2D eigenvalue weighted by Crippen LogP contribution is 2.41. The summed E-state index contributed by atoms with van der Waals surface area (Å²) in [7, 11) is 0. The molecule has 11 heteroatoms. The van der Waals surface area contributed by atoms with Crippen LogP contribution in [0.2, 0.25) is 0 Å². The number of amides is 1. The van der Waals surface area contributed by atoms with Crippen LogP contribution in [0, 0.1) is 13.8 Å². The molecule has 3 aromatic heterocycles. The molecule has 1 aliphatic carbocycles. The Morgan fingerprint density at radius 3 is 2.16 bits per heavy atom. The van der Waals surface area contributed by atoms with E-state index in [1.165, 1.54) is 5.57 Å². The van der Waals surface area contributed by atoms with Crippen LogP contribution in [0.25, 0.3) is 50.4 Å². The topological polar surface area (TPSA) is 143 Å². The molecule has 3 aliphatic rings. The molecule has 296 valence electrons. The van der Waals surface area contributed by atoms with Crippen LogP contribution in [-0.2, 0) is 20.6 Å². The first kappa shape index (κ1) is 40.4. The summed E-state index contributed by atoms with van der Waals surface area (Å²) in [4.78, 5) is 43.1. The number of hydrogen-bond donors (Lipinski definition) is 4. The number of H-pyrrole nitrogens is 2. The molecule has 6 rings (SSSR count). The minimum Gasteiger partial charge on any atom is -0.444 e. The van der Waals surface area contributed by atoms with E-state index >= 15 is 0 Å². The number of carbonyl (C=O) groups excluding carboxylic acids is 2. The van der Waals surface area contributed by atoms with Crippen molar-refractivity contribution >= 4 is 62.3 Å². The van der Waals surface area contributed by atoms with Crippen molar-refractivity contribution in [1.82, 2.24) is 30.6 Å². The van der Waals surface area contributed by atoms with Crippen molar-refractivity contribution in [2.24, 2.45) is 0 Å². The number of allylic oxidation sites excluding steroid dienone is 5. The molecule has 0 saturated heterocycles. The number of aryl methyl sites for hydroxylation is 2. The SMILES string of the molecule is C=Cc1c(C)c2cc3nc(c4c5[nH]c(cc6nc(cc1[nH]2)C(C)=C6CC)c(C)c5C(=O)C4)C(CCC(=C)NCCOCCOCCNC(=O)OC(C)(C)C)=C3C. The molecule has 0 spiro atoms. The highest BCUT2D eigenvalue weighted by atomic mass is 16.6. The maximum Gasteiger partial charge on any atom is 0.407 e. The first-order chi connectivity index (χ1) is 26.7. The molecule has 0 radical (unpaired) electrons. The van der Waals surface area contributed by atoms with E-state index < -0.39 is 11.7 Å². The normalized spacial score (nSPS) is 13.8. The lowest BCUT2D eigenvalue weighted by Gasteiger charge is -2.19. The van der Waals surface area contributed by atoms with Crippen molar-refractivity contribution in [3.8, 4) is 0 Å². The van der Waals surface area contributed by atoms with Crippen LogP contribution in [-0.4, -0.2) is 76.9 Å². The second-order valence-electron chi connectivity index (χ2n) is 15.6. The van der Waals surface area contributed by atoms with E-state index in [1.807, 2.05) is 33.8 Å². The molecule has 56 heavy (non-hydrogen) atoms. The molecule has 0 aromatic carbocycles. The van der Waals surface area contributed by atoms with Gasteiger partial charge in [-0.05, 0) is 119 Å². The Balaban J connectivity index is 1.20. The molecule has 8 bridgehead atoms. The van der Waals surface area contributed by atoms with Crippen molar-refractivity contribution in [2.75, 3.05) is 39.5 Å². The van der Waals surface area contributed by atoms with Crippen LogP contribution in [0.4, 0.5) is 4.79 Å². The van der Waals surface area contributed by atoms with Gasteiger partial charge < -0.3 is 34.8 Å². The van der Waals surface area contributed by atoms with E-state index in [4.69, 9.17) is 24.2 Å². The van der Waals surface area contributed by atoms with Gasteiger partial charge in [0.1, 0.15) is 5.60 Å². The number of aromatic amines is 2. The molecule has 0 atom stereocenters. The fourth-order valence-corrected chi connectivity index (χ4v) is 7.62. The number of fused-ring (bicyclic) bond motifs is 8. The van der Waals surface area contributed by atoms with Crippen LogP contribution in [0.5, 0.6) is 0 Å². The quantitative estimate of drug-likeness (QED) is 0.112. The largest absolute Gasteiger partial charge is 0.444 e. The van der Waals surface area contributed by atoms with Gasteiger partial charge in [-0.2, -0.15) is 0 Å². The van der Waals surface area contributed by atoms with E-state index in [0.29, 0.717) is 58.8 Å². The van der Waals surface area contributed by atoms with E-state index in [9.17, 15) is 9.59 Å². The van der Waals surface area contributed by atoms with Gasteiger partial charge >= 0.3 is 6.09 Å². The standard InChI is InChI=1S/C45H56N6O5/c1-11-30-26(4)34-22-36-28(6)32(14-13-25(3)46-15-17-54-19-20-55-18-16-47-44(53)56-45(8,9)10)42(50-36)33-21-40(52)41-29(7)37(51-43(33)41)24-39-31(12-2)27(5)35(49-39)23-38(30)48-34/h11,22-24,46,48,51H,1,3,12-21H2,2,4-10H3,(H,47,53). The van der Waals surface area contributed by atoms with Gasteiger partial charge in [-0.1, -0.05) is 26.2 Å². The number of hydrogen-bond acceptors (Lipinski definition) is 8. The predicted octanol–water partition coefficient (Wildman–Crippen LogP) is 9.03. The van der Waals surface area contributed by atoms with Crippen molar-refractivity contribution in [3.05, 3.63) is 87.6 Å². The number of Topliss-reactive ketones (excluding diaryl/α,β-unsaturated/α-hetero) is 1. The van der Waals surface area contributed by atoms with Crippen LogP contribution in [0.15, 0.2) is 37.1 Å². The maximum absolute atomic E-state index is 13.7. The zero-order valence-electron chi connectivity index (χ0n) is 34.2. The minimum atomic E-state index is -0.533. The zero-order valence-corrected chi connectivity index (χ0v) is 34.2. The molecule has 11 nitrogen and oxygen atoms in total. The first-order valence-electron chi connectivity index (χ1n) is 19.6. The third-order valence-corrected chi connectivity index (χ3v) is 10.6. The number of ketones is 1. The summed E-state index contributed by atoms with van der Waals surface area (Å²) in [5, 5.41) is 6.07. The van der Waals surface area contributed by atoms with Gasteiger partial charge in [0.2, 0.25) is 0 Å². The van der Waals surface area contributed by atoms with Crippen LogP contribution >= 0.6 is 0 Å². The third-order valence-electron chi connectivity index (χ3n) is 10.6. The van der Waals surface area contributed by atoms with Gasteiger partial charge in [0.25, 0.3) is 0 Å². The number of alkyl carbamates (subject to hydrolysis) is 1. The Hall–Kier alpha value is -5.26. The van der Waals surface area contributed by atoms with Gasteiger partial charge in [0.15, 0.2) is 5.78 Å². The monoisotopic (exact) mass is 760 g/mol. The minimum absolute atomic E-state index is 0.104. The third kappa shape index (κ3) is 8.59. The van der Waals surface area contributed by atoms with E-state index in [2.05, 4.69) is 79.7 Å². The summed E-state index contributed by atoms with van der Waals surface area (Å²) in [6.07, 6.45) is 3.97. The van der Waals surface area contributed by atoms with Crippen molar-refractivity contribution < 1.29 is 23.8 Å². The van der Waals surface area contributed by atoms with Crippen molar-refractivity contribution in [1.29, 1.82) is 0 Å². The van der Waals surface area contributed by atoms with Gasteiger partial charge in [0, 0.05) is 58.4 Å². The molecule has 2 aliphatic heterocycles. The fraction of sp³-hybridized carbons (Fsp3) is 0.422. The molecule has 0 fully saturated rings. The van der Waals surface area contributed by atoms with Crippen LogP contribution in [0.1, 0.15) is 116 Å². The Bertz CT molecular complexity index is 2320. The number of nitrogens with one attached hydrogen (secondary N) is 4. The van der Waals surface area contributed by atoms with E-state index in [1.54, 1.807) is 0 Å². The highest BCUT2D eigenvalue weighted by molar-refractivity contribution is 6.14. The van der Waals surface area contributed by atoms with E-state index in [0.717, 1.165) is 101 Å². The Morgan fingerprint density at radius 1 is 0.857 bits per heavy atom. The molecular formula is C45H56N6O5. The molecule has 1 amide bonds. The second-order valence-corrected chi connectivity index (χ2v) is 15.6. The van der Waals surface area contributed by atoms with Crippen molar-refractivity contribution in [3.63, 3.8) is 0 Å². The summed E-state index contributed by atoms with van der Waals surface area (Å²) in [5.41, 5.74) is 16.9. The van der Waals surface area contributed by atoms with E-state index in [-0.39, 0.29) is 5.78 Å². The number of aromatic nitrogens is 4. The Kier molecular flexibility index (Phi) is 12.2. The summed E-state index contributed by atoms with van der Waals surface area (Å²) in [6.45, 7) is 27.1. The molecule has 0 unspecified atom stereocenters. The molecule has 4 N–H and O–H groups in total. The zero-order chi connectivity index (χ0) is 40.3. The van der Waals surface area contributed by atoms with Gasteiger partial charge in [-0.3, -0.25) is 4.79 Å². The molecule has 5 heterocycles. The molecule has 0 saturated carbocycles. The summed E-state index contributed by atoms with van der Waals surface area (Å²) >= 11 is 0. The van der Waals surface area contributed by atoms with Gasteiger partial charge in [-0.25, -0.2) is 14.8 Å². The lowest BCUT2D eigenvalue weighted by molar-refractivity contribution is 0.0405. The maximum atomic E-state index is 13.7. The van der Waals surface area contributed by atoms with Crippen LogP contribution < -0.4 is 10.6 Å². The summed E-state index contributed by atoms with van der Waals surface area (Å²) in [6, 6.07) is 6.33. The smallest absolute Gasteiger partial charge is 0.407 e. The lowest BCUT2D eigenvalue weighted by atomic mass is 9.97. The summed E-state index contributed by atoms with van der Waals surface area (Å²) < 4.78 is 16.5. The predicted molar refractivity (Wildman–Crippen MR) is 226 cm³/mol. The van der Waals surface area contributed by atoms with Crippen LogP contribution in [0.3, 0.4) is 0 Å². The van der Waals surface area contributed by atoms with Gasteiger partial charge in [-0.15, -0.1) is 0 Å². The Morgan fingerprint density at radius 2 is 1.48 bits per heavy atom. The van der Waals surface area contributed by atoms with Crippen molar-refractivity contribution in [2.45, 2.75) is 86.7 Å². The summed E-state index contributed by atoms with van der Waals surface area (Å²) in [5.74, 6) is 0.104. The molecule has 3 aromatic rings. The van der Waals surface area contributed by atoms with Gasteiger partial charge in [0.05, 0.1) is 54.7 Å². The average molecular weight is 761 g/mol. The number of rotatable bonds is 15. The number of nitrogens with zero attached hydrogens (tertiary/aromatic N) is 2. The second kappa shape index (κ2) is 16.9. The number of carbonyl (C=O) groups is 2. The average Bonchev–Trinajstić information content (AvgIpc) is 3.89. The molecular weight excluding hydrogens is 705 g/mol. The highest BCUT2D eigenvalue weighted by Gasteiger charge is 2.31. The first-order valence-corrected chi connectivity index (χ1v) is 19.6.